The molecule has 0 N–H and O–H groups in total. The molecule has 0 saturated heterocycles. The molecule has 0 spiro atoms. The van der Waals surface area contributed by atoms with Gasteiger partial charge in [0, 0.05) is 12.0 Å². The van der Waals surface area contributed by atoms with Crippen molar-refractivity contribution in [3.05, 3.63) is 45.9 Å². The van der Waals surface area contributed by atoms with E-state index in [1.165, 1.54) is 16.2 Å². The zero-order chi connectivity index (χ0) is 12.8. The largest absolute Gasteiger partial charge is 0.378 e. The van der Waals surface area contributed by atoms with Gasteiger partial charge in [-0.1, -0.05) is 18.2 Å². The number of rotatable bonds is 5. The monoisotopic (exact) mass is 276 g/mol. The van der Waals surface area contributed by atoms with E-state index in [9.17, 15) is 0 Å². The van der Waals surface area contributed by atoms with E-state index in [2.05, 4.69) is 23.2 Å². The molecule has 0 aliphatic rings. The van der Waals surface area contributed by atoms with E-state index >= 15 is 0 Å². The van der Waals surface area contributed by atoms with Gasteiger partial charge in [-0.25, -0.2) is 4.98 Å². The summed E-state index contributed by atoms with van der Waals surface area (Å²) in [5.41, 5.74) is 0.744. The van der Waals surface area contributed by atoms with Crippen molar-refractivity contribution in [3.8, 4) is 6.07 Å². The molecule has 3 nitrogen and oxygen atoms in total. The molecule has 0 radical (unpaired) electrons. The van der Waals surface area contributed by atoms with Gasteiger partial charge in [-0.05, 0) is 12.1 Å². The molecule has 0 bridgehead atoms. The Hall–Kier alpha value is -1.35. The normalized spacial score (nSPS) is 10.2. The molecule has 2 aromatic rings. The standard InChI is InChI=1S/C13H12N2OS2/c1-16-8-11-12(7-14)18-13(15-11)9-17-10-5-3-2-4-6-10/h2-6H,8-9H2,1H3. The van der Waals surface area contributed by atoms with Gasteiger partial charge in [-0.15, -0.1) is 23.1 Å². The molecule has 1 heterocycles. The van der Waals surface area contributed by atoms with E-state index in [0.717, 1.165) is 16.5 Å². The Balaban J connectivity index is 2.04. The summed E-state index contributed by atoms with van der Waals surface area (Å²) in [7, 11) is 1.61. The van der Waals surface area contributed by atoms with Gasteiger partial charge in [0.1, 0.15) is 16.0 Å². The number of ether oxygens (including phenoxy) is 1. The second-order valence-electron chi connectivity index (χ2n) is 3.53. The first-order valence-electron chi connectivity index (χ1n) is 5.39. The summed E-state index contributed by atoms with van der Waals surface area (Å²) in [5, 5.41) is 9.97. The Morgan fingerprint density at radius 1 is 1.39 bits per heavy atom. The average Bonchev–Trinajstić information content (AvgIpc) is 2.80. The van der Waals surface area contributed by atoms with Crippen LogP contribution in [0, 0.1) is 11.3 Å². The fraction of sp³-hybridized carbons (Fsp3) is 0.231. The Morgan fingerprint density at radius 2 is 2.17 bits per heavy atom. The molecule has 0 saturated carbocycles. The molecular weight excluding hydrogens is 264 g/mol. The molecule has 0 fully saturated rings. The maximum absolute atomic E-state index is 9.00. The van der Waals surface area contributed by atoms with Gasteiger partial charge in [0.05, 0.1) is 18.1 Å². The van der Waals surface area contributed by atoms with Gasteiger partial charge in [0.2, 0.25) is 0 Å². The van der Waals surface area contributed by atoms with Crippen LogP contribution in [0.3, 0.4) is 0 Å². The number of benzene rings is 1. The van der Waals surface area contributed by atoms with Crippen molar-refractivity contribution in [2.75, 3.05) is 7.11 Å². The highest BCUT2D eigenvalue weighted by atomic mass is 32.2. The maximum atomic E-state index is 9.00. The van der Waals surface area contributed by atoms with E-state index in [4.69, 9.17) is 10.00 Å². The molecule has 0 amide bonds. The molecule has 5 heteroatoms. The van der Waals surface area contributed by atoms with Crippen molar-refractivity contribution in [2.24, 2.45) is 0 Å². The highest BCUT2D eigenvalue weighted by Gasteiger charge is 2.10. The Bertz CT molecular complexity index is 546. The van der Waals surface area contributed by atoms with Crippen LogP contribution in [-0.2, 0) is 17.1 Å². The second-order valence-corrected chi connectivity index (χ2v) is 5.66. The molecule has 0 atom stereocenters. The van der Waals surface area contributed by atoms with Crippen LogP contribution in [0.2, 0.25) is 0 Å². The lowest BCUT2D eigenvalue weighted by molar-refractivity contribution is 0.181. The first-order valence-corrected chi connectivity index (χ1v) is 7.19. The molecule has 1 aromatic heterocycles. The van der Waals surface area contributed by atoms with Gasteiger partial charge in [-0.3, -0.25) is 0 Å². The fourth-order valence-corrected chi connectivity index (χ4v) is 3.22. The molecule has 0 unspecified atom stereocenters. The number of nitrogens with zero attached hydrogens (tertiary/aromatic N) is 2. The van der Waals surface area contributed by atoms with Gasteiger partial charge in [0.25, 0.3) is 0 Å². The zero-order valence-electron chi connectivity index (χ0n) is 9.92. The summed E-state index contributed by atoms with van der Waals surface area (Å²) in [6.07, 6.45) is 0. The maximum Gasteiger partial charge on any atom is 0.130 e. The number of hydrogen-bond acceptors (Lipinski definition) is 5. The van der Waals surface area contributed by atoms with Gasteiger partial charge < -0.3 is 4.74 Å². The van der Waals surface area contributed by atoms with Crippen molar-refractivity contribution in [1.29, 1.82) is 5.26 Å². The quantitative estimate of drug-likeness (QED) is 0.785. The lowest BCUT2D eigenvalue weighted by atomic mass is 10.4. The van der Waals surface area contributed by atoms with E-state index in [1.54, 1.807) is 18.9 Å². The average molecular weight is 276 g/mol. The zero-order valence-corrected chi connectivity index (χ0v) is 11.6. The Labute approximate surface area is 114 Å². The van der Waals surface area contributed by atoms with Crippen LogP contribution in [0.1, 0.15) is 15.6 Å². The molecule has 18 heavy (non-hydrogen) atoms. The van der Waals surface area contributed by atoms with E-state index in [0.29, 0.717) is 11.5 Å². The minimum absolute atomic E-state index is 0.398. The highest BCUT2D eigenvalue weighted by Crippen LogP contribution is 2.26. The fourth-order valence-electron chi connectivity index (χ4n) is 1.45. The molecule has 0 aliphatic heterocycles. The predicted molar refractivity (Wildman–Crippen MR) is 73.5 cm³/mol. The topological polar surface area (TPSA) is 45.9 Å². The number of thioether (sulfide) groups is 1. The van der Waals surface area contributed by atoms with Crippen molar-refractivity contribution < 1.29 is 4.74 Å². The van der Waals surface area contributed by atoms with Crippen molar-refractivity contribution >= 4 is 23.1 Å². The van der Waals surface area contributed by atoms with Gasteiger partial charge in [0.15, 0.2) is 0 Å². The first-order chi connectivity index (χ1) is 8.83. The highest BCUT2D eigenvalue weighted by molar-refractivity contribution is 7.98. The number of aromatic nitrogens is 1. The lowest BCUT2D eigenvalue weighted by Crippen LogP contribution is -1.90. The third-order valence-corrected chi connectivity index (χ3v) is 4.44. The SMILES string of the molecule is COCc1nc(CSc2ccccc2)sc1C#N. The Kier molecular flexibility index (Phi) is 4.76. The summed E-state index contributed by atoms with van der Waals surface area (Å²) in [6.45, 7) is 0.398. The smallest absolute Gasteiger partial charge is 0.130 e. The summed E-state index contributed by atoms with van der Waals surface area (Å²) in [4.78, 5) is 6.30. The number of thiazole rings is 1. The van der Waals surface area contributed by atoms with Crippen molar-refractivity contribution in [3.63, 3.8) is 0 Å². The van der Waals surface area contributed by atoms with Crippen LogP contribution in [0.4, 0.5) is 0 Å². The van der Waals surface area contributed by atoms with Crippen LogP contribution in [0.25, 0.3) is 0 Å². The number of methoxy groups -OCH3 is 1. The second kappa shape index (κ2) is 6.55. The summed E-state index contributed by atoms with van der Waals surface area (Å²) >= 11 is 3.17. The van der Waals surface area contributed by atoms with Gasteiger partial charge >= 0.3 is 0 Å². The Morgan fingerprint density at radius 3 is 2.83 bits per heavy atom. The van der Waals surface area contributed by atoms with Crippen LogP contribution < -0.4 is 0 Å². The third-order valence-electron chi connectivity index (χ3n) is 2.23. The predicted octanol–water partition coefficient (Wildman–Crippen LogP) is 3.45. The van der Waals surface area contributed by atoms with E-state index in [1.807, 2.05) is 18.2 Å². The van der Waals surface area contributed by atoms with E-state index < -0.39 is 0 Å². The van der Waals surface area contributed by atoms with Crippen LogP contribution in [-0.4, -0.2) is 12.1 Å². The van der Waals surface area contributed by atoms with Crippen molar-refractivity contribution in [2.45, 2.75) is 17.3 Å². The van der Waals surface area contributed by atoms with Crippen LogP contribution in [0.5, 0.6) is 0 Å². The van der Waals surface area contributed by atoms with Crippen LogP contribution >= 0.6 is 23.1 Å². The summed E-state index contributed by atoms with van der Waals surface area (Å²) < 4.78 is 5.03. The van der Waals surface area contributed by atoms with E-state index in [-0.39, 0.29) is 0 Å². The molecular formula is C13H12N2OS2. The minimum Gasteiger partial charge on any atom is -0.378 e. The first kappa shape index (κ1) is 13.1. The number of hydrogen-bond donors (Lipinski definition) is 0. The summed E-state index contributed by atoms with van der Waals surface area (Å²) in [5.74, 6) is 0.785. The summed E-state index contributed by atoms with van der Waals surface area (Å²) in [6, 6.07) is 12.3. The van der Waals surface area contributed by atoms with Crippen molar-refractivity contribution in [1.82, 2.24) is 4.98 Å². The minimum atomic E-state index is 0.398. The van der Waals surface area contributed by atoms with Gasteiger partial charge in [-0.2, -0.15) is 5.26 Å². The molecule has 92 valence electrons. The lowest BCUT2D eigenvalue weighted by Gasteiger charge is -1.97. The number of nitriles is 1. The molecule has 1 aromatic carbocycles. The molecule has 2 rings (SSSR count). The molecule has 0 aliphatic carbocycles. The third kappa shape index (κ3) is 3.33. The van der Waals surface area contributed by atoms with Crippen LogP contribution in [0.15, 0.2) is 35.2 Å².